The quantitative estimate of drug-likeness (QED) is 0.346. The molecule has 0 saturated carbocycles. The van der Waals surface area contributed by atoms with Gasteiger partial charge in [0.2, 0.25) is 5.91 Å². The van der Waals surface area contributed by atoms with Crippen molar-refractivity contribution in [3.63, 3.8) is 0 Å². The molecule has 2 aromatic rings. The molecule has 2 aromatic carbocycles. The lowest BCUT2D eigenvalue weighted by Gasteiger charge is -2.37. The highest BCUT2D eigenvalue weighted by Crippen LogP contribution is 2.43. The number of aliphatic hydroxyl groups excluding tert-OH is 1. The fourth-order valence-corrected chi connectivity index (χ4v) is 5.50. The van der Waals surface area contributed by atoms with Gasteiger partial charge in [0, 0.05) is 12.6 Å². The summed E-state index contributed by atoms with van der Waals surface area (Å²) in [5, 5.41) is 12.4. The van der Waals surface area contributed by atoms with E-state index < -0.39 is 5.41 Å². The van der Waals surface area contributed by atoms with E-state index in [0.29, 0.717) is 0 Å². The molecule has 5 nitrogen and oxygen atoms in total. The number of primary amides is 1. The molecule has 3 rings (SSSR count). The van der Waals surface area contributed by atoms with Gasteiger partial charge in [-0.05, 0) is 62.9 Å². The molecule has 0 aromatic heterocycles. The van der Waals surface area contributed by atoms with Crippen molar-refractivity contribution in [1.29, 1.82) is 0 Å². The minimum atomic E-state index is -0.793. The zero-order valence-electron chi connectivity index (χ0n) is 20.8. The first-order chi connectivity index (χ1) is 16.6. The standard InChI is InChI=1S/C29H43N3O2/c1-24(23-33)31-19-12-4-2-3-5-13-20-32-21-18-27(22-32)29(28(30)34,25-14-8-6-9-15-25)26-16-10-7-11-17-26/h6-11,14-17,24,27,31,33H,2-5,12-13,18-23H2,1H3,(H2,30,34)/t24?,27-/m1/s1. The van der Waals surface area contributed by atoms with Gasteiger partial charge in [0.15, 0.2) is 0 Å². The maximum absolute atomic E-state index is 13.2. The number of carbonyl (C=O) groups is 1. The number of likely N-dealkylation sites (tertiary alicyclic amines) is 1. The molecule has 0 aliphatic carbocycles. The topological polar surface area (TPSA) is 78.6 Å². The van der Waals surface area contributed by atoms with Crippen LogP contribution in [0.3, 0.4) is 0 Å². The van der Waals surface area contributed by atoms with Crippen molar-refractivity contribution >= 4 is 5.91 Å². The molecule has 186 valence electrons. The first kappa shape index (κ1) is 26.4. The monoisotopic (exact) mass is 465 g/mol. The number of hydrogen-bond donors (Lipinski definition) is 3. The molecule has 0 spiro atoms. The van der Waals surface area contributed by atoms with Gasteiger partial charge in [-0.15, -0.1) is 0 Å². The lowest BCUT2D eigenvalue weighted by Crippen LogP contribution is -2.49. The van der Waals surface area contributed by atoms with Crippen molar-refractivity contribution in [3.05, 3.63) is 71.8 Å². The maximum Gasteiger partial charge on any atom is 0.232 e. The van der Waals surface area contributed by atoms with E-state index in [9.17, 15) is 4.79 Å². The summed E-state index contributed by atoms with van der Waals surface area (Å²) < 4.78 is 0. The van der Waals surface area contributed by atoms with Gasteiger partial charge >= 0.3 is 0 Å². The Bertz CT molecular complexity index is 803. The van der Waals surface area contributed by atoms with E-state index in [0.717, 1.165) is 43.7 Å². The van der Waals surface area contributed by atoms with Crippen LogP contribution in [0.1, 0.15) is 63.0 Å². The van der Waals surface area contributed by atoms with Gasteiger partial charge in [0.1, 0.15) is 5.41 Å². The normalized spacial score (nSPS) is 17.6. The third-order valence-corrected chi connectivity index (χ3v) is 7.40. The molecule has 1 aliphatic heterocycles. The number of hydrogen-bond acceptors (Lipinski definition) is 4. The Hall–Kier alpha value is -2.21. The van der Waals surface area contributed by atoms with Gasteiger partial charge in [-0.2, -0.15) is 0 Å². The van der Waals surface area contributed by atoms with E-state index in [-0.39, 0.29) is 24.5 Å². The van der Waals surface area contributed by atoms with Crippen molar-refractivity contribution in [2.45, 2.75) is 63.3 Å². The Labute approximate surface area is 205 Å². The number of rotatable bonds is 15. The summed E-state index contributed by atoms with van der Waals surface area (Å²) in [6.45, 7) is 6.21. The van der Waals surface area contributed by atoms with Crippen molar-refractivity contribution in [1.82, 2.24) is 10.2 Å². The Balaban J connectivity index is 1.51. The number of aliphatic hydroxyl groups is 1. The molecule has 2 atom stereocenters. The minimum absolute atomic E-state index is 0.170. The average Bonchev–Trinajstić information content (AvgIpc) is 3.33. The molecular weight excluding hydrogens is 422 g/mol. The zero-order chi connectivity index (χ0) is 24.2. The van der Waals surface area contributed by atoms with Gasteiger partial charge in [-0.1, -0.05) is 86.3 Å². The first-order valence-electron chi connectivity index (χ1n) is 13.1. The van der Waals surface area contributed by atoms with Crippen LogP contribution in [0.2, 0.25) is 0 Å². The maximum atomic E-state index is 13.2. The lowest BCUT2D eigenvalue weighted by atomic mass is 9.64. The summed E-state index contributed by atoms with van der Waals surface area (Å²) in [7, 11) is 0. The number of carbonyl (C=O) groups excluding carboxylic acids is 1. The SMILES string of the molecule is CC(CO)NCCCCCCCCN1CC[C@@H](C(C(N)=O)(c2ccccc2)c2ccccc2)C1. The van der Waals surface area contributed by atoms with E-state index in [1.807, 2.05) is 43.3 Å². The van der Waals surface area contributed by atoms with Crippen LogP contribution in [-0.4, -0.2) is 54.7 Å². The molecule has 1 aliphatic rings. The largest absolute Gasteiger partial charge is 0.395 e. The molecule has 1 unspecified atom stereocenters. The highest BCUT2D eigenvalue weighted by atomic mass is 16.3. The predicted octanol–water partition coefficient (Wildman–Crippen LogP) is 4.09. The summed E-state index contributed by atoms with van der Waals surface area (Å²) in [5.74, 6) is -0.0803. The predicted molar refractivity (Wildman–Crippen MR) is 140 cm³/mol. The van der Waals surface area contributed by atoms with Crippen LogP contribution in [0, 0.1) is 5.92 Å². The summed E-state index contributed by atoms with van der Waals surface area (Å²) in [5.41, 5.74) is 7.41. The Morgan fingerprint density at radius 1 is 1.00 bits per heavy atom. The Kier molecular flexibility index (Phi) is 10.6. The van der Waals surface area contributed by atoms with Crippen molar-refractivity contribution in [2.24, 2.45) is 11.7 Å². The fraction of sp³-hybridized carbons (Fsp3) is 0.552. The number of nitrogens with one attached hydrogen (secondary N) is 1. The smallest absolute Gasteiger partial charge is 0.232 e. The van der Waals surface area contributed by atoms with Gasteiger partial charge in [0.25, 0.3) is 0 Å². The number of nitrogens with zero attached hydrogens (tertiary/aromatic N) is 1. The number of nitrogens with two attached hydrogens (primary N) is 1. The van der Waals surface area contributed by atoms with Crippen LogP contribution < -0.4 is 11.1 Å². The molecule has 4 N–H and O–H groups in total. The summed E-state index contributed by atoms with van der Waals surface area (Å²) >= 11 is 0. The van der Waals surface area contributed by atoms with Gasteiger partial charge in [-0.3, -0.25) is 4.79 Å². The Morgan fingerprint density at radius 3 is 2.12 bits per heavy atom. The second-order valence-corrected chi connectivity index (χ2v) is 9.85. The van der Waals surface area contributed by atoms with Crippen molar-refractivity contribution in [3.8, 4) is 0 Å². The van der Waals surface area contributed by atoms with E-state index >= 15 is 0 Å². The van der Waals surface area contributed by atoms with Gasteiger partial charge in [0.05, 0.1) is 6.61 Å². The molecule has 0 bridgehead atoms. The summed E-state index contributed by atoms with van der Waals surface area (Å²) in [6, 6.07) is 20.4. The molecule has 5 heteroatoms. The lowest BCUT2D eigenvalue weighted by molar-refractivity contribution is -0.123. The van der Waals surface area contributed by atoms with E-state index in [2.05, 4.69) is 34.5 Å². The van der Waals surface area contributed by atoms with Crippen LogP contribution in [0.25, 0.3) is 0 Å². The zero-order valence-corrected chi connectivity index (χ0v) is 20.8. The van der Waals surface area contributed by atoms with Crippen LogP contribution in [0.15, 0.2) is 60.7 Å². The summed E-state index contributed by atoms with van der Waals surface area (Å²) in [4.78, 5) is 15.7. The third kappa shape index (κ3) is 6.68. The van der Waals surface area contributed by atoms with Gasteiger partial charge in [-0.25, -0.2) is 0 Å². The first-order valence-corrected chi connectivity index (χ1v) is 13.1. The molecule has 1 fully saturated rings. The Morgan fingerprint density at radius 2 is 1.56 bits per heavy atom. The number of benzene rings is 2. The van der Waals surface area contributed by atoms with Crippen molar-refractivity contribution in [2.75, 3.05) is 32.8 Å². The second kappa shape index (κ2) is 13.6. The van der Waals surface area contributed by atoms with Crippen LogP contribution in [-0.2, 0) is 10.2 Å². The summed E-state index contributed by atoms with van der Waals surface area (Å²) in [6.07, 6.45) is 8.38. The van der Waals surface area contributed by atoms with E-state index in [1.54, 1.807) is 0 Å². The molecule has 0 radical (unpaired) electrons. The van der Waals surface area contributed by atoms with Crippen LogP contribution in [0.5, 0.6) is 0 Å². The van der Waals surface area contributed by atoms with Crippen LogP contribution in [0.4, 0.5) is 0 Å². The van der Waals surface area contributed by atoms with E-state index in [1.165, 1.54) is 38.5 Å². The molecule has 1 heterocycles. The third-order valence-electron chi connectivity index (χ3n) is 7.40. The van der Waals surface area contributed by atoms with Crippen LogP contribution >= 0.6 is 0 Å². The van der Waals surface area contributed by atoms with Gasteiger partial charge < -0.3 is 21.1 Å². The number of amides is 1. The van der Waals surface area contributed by atoms with Crippen molar-refractivity contribution < 1.29 is 9.90 Å². The molecule has 34 heavy (non-hydrogen) atoms. The highest BCUT2D eigenvalue weighted by Gasteiger charge is 2.49. The average molecular weight is 466 g/mol. The highest BCUT2D eigenvalue weighted by molar-refractivity contribution is 5.91. The molecule has 1 saturated heterocycles. The second-order valence-electron chi connectivity index (χ2n) is 9.85. The molecule has 1 amide bonds. The minimum Gasteiger partial charge on any atom is -0.395 e. The van der Waals surface area contributed by atoms with E-state index in [4.69, 9.17) is 10.8 Å². The molecular formula is C29H43N3O2. The number of unbranched alkanes of at least 4 members (excludes halogenated alkanes) is 5. The fourth-order valence-electron chi connectivity index (χ4n) is 5.50.